The van der Waals surface area contributed by atoms with E-state index in [1.54, 1.807) is 18.8 Å². The summed E-state index contributed by atoms with van der Waals surface area (Å²) in [5.74, 6) is 1.81. The lowest BCUT2D eigenvalue weighted by Crippen LogP contribution is -2.25. The monoisotopic (exact) mass is 251 g/mol. The molecule has 0 spiro atoms. The molecule has 1 aromatic rings. The Balaban J connectivity index is 2.02. The Bertz CT molecular complexity index is 408. The van der Waals surface area contributed by atoms with Crippen LogP contribution in [0.3, 0.4) is 0 Å². The molecular weight excluding hydrogens is 234 g/mol. The molecule has 2 rings (SSSR count). The summed E-state index contributed by atoms with van der Waals surface area (Å²) in [4.78, 5) is 0. The van der Waals surface area contributed by atoms with Gasteiger partial charge in [0, 0.05) is 18.7 Å². The first-order chi connectivity index (χ1) is 8.35. The Morgan fingerprint density at radius 2 is 2.35 bits per heavy atom. The van der Waals surface area contributed by atoms with Crippen LogP contribution in [0.1, 0.15) is 25.1 Å². The van der Waals surface area contributed by atoms with Gasteiger partial charge in [0.2, 0.25) is 0 Å². The maximum absolute atomic E-state index is 8.87. The molecule has 1 N–H and O–H groups in total. The molecule has 0 amide bonds. The van der Waals surface area contributed by atoms with E-state index < -0.39 is 0 Å². The number of hydrogen-bond acceptors (Lipinski definition) is 5. The summed E-state index contributed by atoms with van der Waals surface area (Å²) in [6.45, 7) is 1.02. The van der Waals surface area contributed by atoms with Gasteiger partial charge in [-0.15, -0.1) is 10.2 Å². The van der Waals surface area contributed by atoms with Crippen LogP contribution in [0.5, 0.6) is 0 Å². The van der Waals surface area contributed by atoms with Crippen LogP contribution in [-0.4, -0.2) is 33.6 Å². The number of thioether (sulfide) groups is 1. The van der Waals surface area contributed by atoms with Crippen molar-refractivity contribution in [3.63, 3.8) is 0 Å². The van der Waals surface area contributed by atoms with Crippen molar-refractivity contribution >= 4 is 11.8 Å². The zero-order valence-corrected chi connectivity index (χ0v) is 10.8. The Morgan fingerprint density at radius 1 is 1.47 bits per heavy atom. The second kappa shape index (κ2) is 6.03. The van der Waals surface area contributed by atoms with Crippen LogP contribution in [0.15, 0.2) is 5.16 Å². The molecule has 0 aromatic carbocycles. The Labute approximate surface area is 106 Å². The third-order valence-electron chi connectivity index (χ3n) is 2.96. The van der Waals surface area contributed by atoms with Crippen LogP contribution in [0.25, 0.3) is 0 Å². The number of rotatable bonds is 4. The maximum atomic E-state index is 8.87. The molecule has 0 aliphatic carbocycles. The van der Waals surface area contributed by atoms with Crippen LogP contribution < -0.4 is 5.32 Å². The molecule has 17 heavy (non-hydrogen) atoms. The second-order valence-electron chi connectivity index (χ2n) is 4.14. The van der Waals surface area contributed by atoms with Crippen molar-refractivity contribution in [3.8, 4) is 6.07 Å². The zero-order valence-electron chi connectivity index (χ0n) is 10.0. The first-order valence-electron chi connectivity index (χ1n) is 5.97. The van der Waals surface area contributed by atoms with Gasteiger partial charge in [0.25, 0.3) is 0 Å². The highest BCUT2D eigenvalue weighted by atomic mass is 32.2. The summed E-state index contributed by atoms with van der Waals surface area (Å²) in [5, 5.41) is 21.2. The molecule has 1 aliphatic heterocycles. The number of aromatic nitrogens is 3. The normalized spacial score (nSPS) is 16.9. The summed E-state index contributed by atoms with van der Waals surface area (Å²) in [6.07, 6.45) is 4.71. The van der Waals surface area contributed by atoms with Crippen molar-refractivity contribution in [2.45, 2.75) is 43.4 Å². The van der Waals surface area contributed by atoms with E-state index in [0.29, 0.717) is 5.75 Å². The van der Waals surface area contributed by atoms with Gasteiger partial charge in [-0.2, -0.15) is 5.26 Å². The third kappa shape index (κ3) is 2.99. The maximum Gasteiger partial charge on any atom is 0.191 e. The van der Waals surface area contributed by atoms with Crippen LogP contribution in [-0.2, 0) is 13.0 Å². The fourth-order valence-corrected chi connectivity index (χ4v) is 2.92. The van der Waals surface area contributed by atoms with Gasteiger partial charge in [0.15, 0.2) is 5.16 Å². The highest BCUT2D eigenvalue weighted by molar-refractivity contribution is 7.99. The molecular formula is C11H17N5S. The van der Waals surface area contributed by atoms with E-state index in [1.807, 2.05) is 0 Å². The number of fused-ring (bicyclic) bond motifs is 1. The number of hydrogen-bond donors (Lipinski definition) is 1. The first-order valence-corrected chi connectivity index (χ1v) is 6.95. The van der Waals surface area contributed by atoms with Crippen molar-refractivity contribution in [2.24, 2.45) is 0 Å². The molecule has 0 fully saturated rings. The predicted octanol–water partition coefficient (Wildman–Crippen LogP) is 1.21. The lowest BCUT2D eigenvalue weighted by atomic mass is 10.2. The molecule has 5 nitrogen and oxygen atoms in total. The summed E-state index contributed by atoms with van der Waals surface area (Å²) in [7, 11) is 1.80. The summed E-state index contributed by atoms with van der Waals surface area (Å²) >= 11 is 1.61. The van der Waals surface area contributed by atoms with Crippen LogP contribution in [0.2, 0.25) is 0 Å². The quantitative estimate of drug-likeness (QED) is 0.815. The molecule has 2 heterocycles. The van der Waals surface area contributed by atoms with Gasteiger partial charge < -0.3 is 9.88 Å². The smallest absolute Gasteiger partial charge is 0.191 e. The van der Waals surface area contributed by atoms with Crippen molar-refractivity contribution < 1.29 is 0 Å². The third-order valence-corrected chi connectivity index (χ3v) is 4.02. The zero-order chi connectivity index (χ0) is 12.1. The second-order valence-corrected chi connectivity index (χ2v) is 5.13. The molecule has 0 radical (unpaired) electrons. The Hall–Kier alpha value is -1.06. The van der Waals surface area contributed by atoms with Crippen LogP contribution in [0, 0.1) is 11.3 Å². The topological polar surface area (TPSA) is 66.5 Å². The lowest BCUT2D eigenvalue weighted by molar-refractivity contribution is 0.590. The van der Waals surface area contributed by atoms with Gasteiger partial charge in [-0.3, -0.25) is 0 Å². The molecule has 6 heteroatoms. The molecule has 92 valence electrons. The fraction of sp³-hybridized carbons (Fsp3) is 0.727. The minimum absolute atomic E-state index is 0.126. The van der Waals surface area contributed by atoms with Gasteiger partial charge in [-0.25, -0.2) is 0 Å². The highest BCUT2D eigenvalue weighted by Gasteiger charge is 2.16. The molecule has 0 bridgehead atoms. The fourth-order valence-electron chi connectivity index (χ4n) is 1.91. The molecule has 1 aliphatic rings. The molecule has 1 unspecified atom stereocenters. The van der Waals surface area contributed by atoms with Crippen molar-refractivity contribution in [1.82, 2.24) is 20.1 Å². The van der Waals surface area contributed by atoms with Crippen molar-refractivity contribution in [3.05, 3.63) is 5.82 Å². The van der Waals surface area contributed by atoms with Gasteiger partial charge >= 0.3 is 0 Å². The van der Waals surface area contributed by atoms with Gasteiger partial charge in [0.1, 0.15) is 11.9 Å². The number of aryl methyl sites for hydroxylation is 1. The Morgan fingerprint density at radius 3 is 3.12 bits per heavy atom. The lowest BCUT2D eigenvalue weighted by Gasteiger charge is -2.08. The largest absolute Gasteiger partial charge is 0.306 e. The minimum Gasteiger partial charge on any atom is -0.306 e. The van der Waals surface area contributed by atoms with Crippen LogP contribution in [0.4, 0.5) is 0 Å². The van der Waals surface area contributed by atoms with E-state index in [-0.39, 0.29) is 6.04 Å². The molecule has 0 saturated heterocycles. The first kappa shape index (κ1) is 12.4. The summed E-state index contributed by atoms with van der Waals surface area (Å²) in [5.41, 5.74) is 0. The van der Waals surface area contributed by atoms with E-state index in [4.69, 9.17) is 5.26 Å². The van der Waals surface area contributed by atoms with Crippen LogP contribution >= 0.6 is 11.8 Å². The highest BCUT2D eigenvalue weighted by Crippen LogP contribution is 2.22. The average molecular weight is 251 g/mol. The molecule has 1 aromatic heterocycles. The van der Waals surface area contributed by atoms with E-state index in [1.165, 1.54) is 19.3 Å². The van der Waals surface area contributed by atoms with Gasteiger partial charge in [0.05, 0.1) is 6.07 Å². The summed E-state index contributed by atoms with van der Waals surface area (Å²) < 4.78 is 2.21. The van der Waals surface area contributed by atoms with E-state index in [9.17, 15) is 0 Å². The molecule has 0 saturated carbocycles. The number of nitrogens with zero attached hydrogens (tertiary/aromatic N) is 4. The molecule has 1 atom stereocenters. The number of nitriles is 1. The Kier molecular flexibility index (Phi) is 4.40. The van der Waals surface area contributed by atoms with E-state index in [2.05, 4.69) is 26.2 Å². The predicted molar refractivity (Wildman–Crippen MR) is 66.8 cm³/mol. The average Bonchev–Trinajstić information content (AvgIpc) is 2.60. The standard InChI is InChI=1S/C11H17N5S/c1-13-9(7-12)8-17-11-15-14-10-5-3-2-4-6-16(10)11/h9,13H,2-6,8H2,1H3. The van der Waals surface area contributed by atoms with Crippen molar-refractivity contribution in [1.29, 1.82) is 5.26 Å². The minimum atomic E-state index is -0.126. The number of nitrogens with one attached hydrogen (secondary N) is 1. The SMILES string of the molecule is CNC(C#N)CSc1nnc2n1CCCCC2. The van der Waals surface area contributed by atoms with E-state index >= 15 is 0 Å². The van der Waals surface area contributed by atoms with Crippen molar-refractivity contribution in [2.75, 3.05) is 12.8 Å². The van der Waals surface area contributed by atoms with E-state index in [0.717, 1.165) is 23.9 Å². The summed E-state index contributed by atoms with van der Waals surface area (Å²) in [6, 6.07) is 2.09. The van der Waals surface area contributed by atoms with Gasteiger partial charge in [-0.1, -0.05) is 18.2 Å². The van der Waals surface area contributed by atoms with Gasteiger partial charge in [-0.05, 0) is 19.9 Å².